The number of carbonyl (C=O) groups is 2. The number of imidazole rings is 1. The van der Waals surface area contributed by atoms with Crippen LogP contribution in [0.3, 0.4) is 0 Å². The van der Waals surface area contributed by atoms with Crippen molar-refractivity contribution in [2.75, 3.05) is 0 Å². The lowest BCUT2D eigenvalue weighted by molar-refractivity contribution is 0.0983. The fourth-order valence-corrected chi connectivity index (χ4v) is 2.19. The van der Waals surface area contributed by atoms with Crippen molar-refractivity contribution in [2.45, 2.75) is 20.3 Å². The molecular weight excluding hydrogens is 316 g/mol. The number of benzene rings is 1. The summed E-state index contributed by atoms with van der Waals surface area (Å²) in [5.41, 5.74) is 4.72. The summed E-state index contributed by atoms with van der Waals surface area (Å²) in [5.74, 6) is 0.358. The summed E-state index contributed by atoms with van der Waals surface area (Å²) >= 11 is 0. The molecule has 7 heteroatoms. The molecule has 0 saturated heterocycles. The molecule has 2 heterocycles. The Morgan fingerprint density at radius 1 is 1.12 bits per heavy atom. The van der Waals surface area contributed by atoms with Gasteiger partial charge < -0.3 is 4.98 Å². The van der Waals surface area contributed by atoms with Gasteiger partial charge in [0.1, 0.15) is 0 Å². The van der Waals surface area contributed by atoms with E-state index in [4.69, 9.17) is 4.79 Å². The van der Waals surface area contributed by atoms with Gasteiger partial charge >= 0.3 is 6.29 Å². The number of aromatic nitrogens is 3. The monoisotopic (exact) mass is 331 g/mol. The largest absolute Gasteiger partial charge is 0.483 e. The van der Waals surface area contributed by atoms with Gasteiger partial charge in [-0.3, -0.25) is 9.78 Å². The van der Waals surface area contributed by atoms with Crippen molar-refractivity contribution in [3.05, 3.63) is 59.2 Å². The standard InChI is InChI=1S/C16H15N3O.CF2O/c1-10-7-8-17-14(11(10)2)9-15(20)16-18-12-5-3-4-6-13(12)19-16;2-1(3)4/h3-8H,9H2,1-2H3,(H,18,19);. The Hall–Kier alpha value is -2.96. The van der Waals surface area contributed by atoms with Crippen molar-refractivity contribution < 1.29 is 18.4 Å². The van der Waals surface area contributed by atoms with Crippen LogP contribution in [-0.4, -0.2) is 27.0 Å². The molecule has 2 aromatic heterocycles. The lowest BCUT2D eigenvalue weighted by atomic mass is 10.1. The molecular formula is C17H15F2N3O2. The number of aromatic amines is 1. The fourth-order valence-electron chi connectivity index (χ4n) is 2.19. The van der Waals surface area contributed by atoms with E-state index in [1.165, 1.54) is 0 Å². The number of fused-ring (bicyclic) bond motifs is 1. The first-order valence-corrected chi connectivity index (χ1v) is 7.12. The number of para-hydroxylation sites is 2. The maximum Gasteiger partial charge on any atom is 0.483 e. The second-order valence-electron chi connectivity index (χ2n) is 5.13. The van der Waals surface area contributed by atoms with Gasteiger partial charge in [-0.1, -0.05) is 12.1 Å². The van der Waals surface area contributed by atoms with Crippen molar-refractivity contribution >= 4 is 23.1 Å². The molecule has 0 unspecified atom stereocenters. The molecule has 1 aromatic carbocycles. The van der Waals surface area contributed by atoms with E-state index in [1.54, 1.807) is 6.20 Å². The van der Waals surface area contributed by atoms with Gasteiger partial charge in [-0.15, -0.1) is 8.78 Å². The van der Waals surface area contributed by atoms with E-state index in [9.17, 15) is 13.6 Å². The van der Waals surface area contributed by atoms with Crippen molar-refractivity contribution in [2.24, 2.45) is 0 Å². The number of nitrogens with one attached hydrogen (secondary N) is 1. The van der Waals surface area contributed by atoms with Gasteiger partial charge in [0, 0.05) is 6.20 Å². The third kappa shape index (κ3) is 4.28. The highest BCUT2D eigenvalue weighted by atomic mass is 19.3. The Kier molecular flexibility index (Phi) is 5.47. The molecule has 24 heavy (non-hydrogen) atoms. The predicted octanol–water partition coefficient (Wildman–Crippen LogP) is 4.05. The van der Waals surface area contributed by atoms with E-state index in [1.807, 2.05) is 44.2 Å². The van der Waals surface area contributed by atoms with Crippen LogP contribution >= 0.6 is 0 Å². The maximum absolute atomic E-state index is 12.3. The second-order valence-corrected chi connectivity index (χ2v) is 5.13. The highest BCUT2D eigenvalue weighted by molar-refractivity contribution is 5.97. The molecule has 5 nitrogen and oxygen atoms in total. The topological polar surface area (TPSA) is 75.7 Å². The van der Waals surface area contributed by atoms with E-state index in [-0.39, 0.29) is 12.2 Å². The maximum atomic E-state index is 12.3. The van der Waals surface area contributed by atoms with E-state index >= 15 is 0 Å². The van der Waals surface area contributed by atoms with Crippen molar-refractivity contribution in [1.29, 1.82) is 0 Å². The Morgan fingerprint density at radius 3 is 2.46 bits per heavy atom. The molecule has 1 N–H and O–H groups in total. The number of ketones is 1. The van der Waals surface area contributed by atoms with Crippen LogP contribution in [0, 0.1) is 13.8 Å². The zero-order chi connectivity index (χ0) is 17.7. The summed E-state index contributed by atoms with van der Waals surface area (Å²) < 4.78 is 19.4. The van der Waals surface area contributed by atoms with Crippen LogP contribution in [0.4, 0.5) is 13.6 Å². The Morgan fingerprint density at radius 2 is 1.79 bits per heavy atom. The molecule has 3 rings (SSSR count). The zero-order valence-corrected chi connectivity index (χ0v) is 13.1. The Labute approximate surface area is 136 Å². The molecule has 0 saturated carbocycles. The Bertz CT molecular complexity index is 853. The van der Waals surface area contributed by atoms with Gasteiger partial charge in [-0.2, -0.15) is 0 Å². The van der Waals surface area contributed by atoms with Crippen LogP contribution < -0.4 is 0 Å². The average Bonchev–Trinajstić information content (AvgIpc) is 2.95. The fraction of sp³-hybridized carbons (Fsp3) is 0.176. The molecule has 0 bridgehead atoms. The van der Waals surface area contributed by atoms with Crippen LogP contribution in [0.5, 0.6) is 0 Å². The number of nitrogens with zero attached hydrogens (tertiary/aromatic N) is 2. The van der Waals surface area contributed by atoms with E-state index < -0.39 is 6.29 Å². The number of rotatable bonds is 3. The third-order valence-electron chi connectivity index (χ3n) is 3.56. The molecule has 0 aliphatic rings. The summed E-state index contributed by atoms with van der Waals surface area (Å²) in [5, 5.41) is 0. The van der Waals surface area contributed by atoms with Crippen LogP contribution in [0.15, 0.2) is 36.5 Å². The van der Waals surface area contributed by atoms with Crippen molar-refractivity contribution in [3.63, 3.8) is 0 Å². The van der Waals surface area contributed by atoms with E-state index in [0.717, 1.165) is 27.9 Å². The number of pyridine rings is 1. The second kappa shape index (κ2) is 7.54. The summed E-state index contributed by atoms with van der Waals surface area (Å²) in [6.45, 7) is 4.01. The van der Waals surface area contributed by atoms with Crippen LogP contribution in [0.1, 0.15) is 27.4 Å². The quantitative estimate of drug-likeness (QED) is 0.580. The molecule has 0 fully saturated rings. The minimum Gasteiger partial charge on any atom is -0.335 e. The highest BCUT2D eigenvalue weighted by Crippen LogP contribution is 2.14. The molecule has 0 radical (unpaired) electrons. The van der Waals surface area contributed by atoms with Crippen LogP contribution in [0.25, 0.3) is 11.0 Å². The number of H-pyrrole nitrogens is 1. The normalized spacial score (nSPS) is 10.2. The van der Waals surface area contributed by atoms with E-state index in [2.05, 4.69) is 15.0 Å². The number of halogens is 2. The minimum absolute atomic E-state index is 0.0394. The number of aryl methyl sites for hydroxylation is 1. The average molecular weight is 331 g/mol. The van der Waals surface area contributed by atoms with Crippen molar-refractivity contribution in [1.82, 2.24) is 15.0 Å². The first-order valence-electron chi connectivity index (χ1n) is 7.12. The first kappa shape index (κ1) is 17.4. The van der Waals surface area contributed by atoms with Crippen LogP contribution in [0.2, 0.25) is 0 Å². The highest BCUT2D eigenvalue weighted by Gasteiger charge is 2.14. The SMILES string of the molecule is Cc1ccnc(CC(=O)c2nc3ccccc3[nH]2)c1C.O=C(F)F. The number of carbonyl (C=O) groups excluding carboxylic acids is 2. The smallest absolute Gasteiger partial charge is 0.335 e. The summed E-state index contributed by atoms with van der Waals surface area (Å²) in [6, 6.07) is 9.57. The molecule has 0 atom stereocenters. The lowest BCUT2D eigenvalue weighted by Crippen LogP contribution is -2.09. The van der Waals surface area contributed by atoms with Crippen LogP contribution in [-0.2, 0) is 6.42 Å². The zero-order valence-electron chi connectivity index (χ0n) is 13.1. The molecule has 0 amide bonds. The summed E-state index contributed by atoms with van der Waals surface area (Å²) in [7, 11) is 0. The molecule has 0 spiro atoms. The molecule has 3 aromatic rings. The molecule has 0 aliphatic carbocycles. The van der Waals surface area contributed by atoms with Gasteiger partial charge in [0.15, 0.2) is 5.82 Å². The summed E-state index contributed by atoms with van der Waals surface area (Å²) in [4.78, 5) is 32.1. The summed E-state index contributed by atoms with van der Waals surface area (Å²) in [6.07, 6.45) is -0.823. The van der Waals surface area contributed by atoms with Gasteiger partial charge in [0.25, 0.3) is 0 Å². The predicted molar refractivity (Wildman–Crippen MR) is 85.5 cm³/mol. The molecule has 124 valence electrons. The van der Waals surface area contributed by atoms with Gasteiger partial charge in [-0.25, -0.2) is 9.78 Å². The number of hydrogen-bond acceptors (Lipinski definition) is 4. The van der Waals surface area contributed by atoms with E-state index in [0.29, 0.717) is 5.82 Å². The first-order chi connectivity index (χ1) is 11.4. The van der Waals surface area contributed by atoms with Gasteiger partial charge in [0.05, 0.1) is 23.1 Å². The number of Topliss-reactive ketones (excluding diaryl/α,β-unsaturated/α-hetero) is 1. The van der Waals surface area contributed by atoms with Crippen molar-refractivity contribution in [3.8, 4) is 0 Å². The minimum atomic E-state index is -2.83. The number of hydrogen-bond donors (Lipinski definition) is 1. The van der Waals surface area contributed by atoms with Gasteiger partial charge in [0.2, 0.25) is 5.78 Å². The van der Waals surface area contributed by atoms with Gasteiger partial charge in [-0.05, 0) is 43.2 Å². The molecule has 0 aliphatic heterocycles. The Balaban J connectivity index is 0.000000471. The lowest BCUT2D eigenvalue weighted by Gasteiger charge is -2.05. The third-order valence-corrected chi connectivity index (χ3v) is 3.56.